The fourth-order valence-corrected chi connectivity index (χ4v) is 3.29. The molecule has 0 saturated carbocycles. The molecule has 0 aromatic heterocycles. The number of fused-ring (bicyclic) bond motifs is 1. The summed E-state index contributed by atoms with van der Waals surface area (Å²) in [6, 6.07) is 13.6. The third-order valence-corrected chi connectivity index (χ3v) is 4.76. The molecule has 160 valence electrons. The van der Waals surface area contributed by atoms with Crippen LogP contribution in [0.25, 0.3) is 6.08 Å². The number of carbonyl (C=O) groups is 2. The fourth-order valence-electron chi connectivity index (χ4n) is 3.29. The van der Waals surface area contributed by atoms with Crippen LogP contribution in [0.2, 0.25) is 0 Å². The van der Waals surface area contributed by atoms with Crippen molar-refractivity contribution in [3.63, 3.8) is 0 Å². The monoisotopic (exact) mass is 407 g/mol. The van der Waals surface area contributed by atoms with Gasteiger partial charge in [-0.25, -0.2) is 0 Å². The van der Waals surface area contributed by atoms with Gasteiger partial charge in [0.25, 0.3) is 5.91 Å². The highest BCUT2D eigenvalue weighted by Crippen LogP contribution is 2.30. The fraction of sp³-hybridized carbons (Fsp3) is 0.385. The van der Waals surface area contributed by atoms with E-state index in [9.17, 15) is 9.59 Å². The van der Waals surface area contributed by atoms with E-state index in [2.05, 4.69) is 0 Å². The molecule has 4 heteroatoms. The zero-order chi connectivity index (χ0) is 22.5. The quantitative estimate of drug-likeness (QED) is 0.555. The smallest absolute Gasteiger partial charge is 0.313 e. The second-order valence-electron chi connectivity index (χ2n) is 8.15. The zero-order valence-electron chi connectivity index (χ0n) is 19.2. The number of rotatable bonds is 4. The highest BCUT2D eigenvalue weighted by atomic mass is 16.6. The largest absolute Gasteiger partial charge is 0.460 e. The number of benzene rings is 2. The van der Waals surface area contributed by atoms with Gasteiger partial charge in [-0.3, -0.25) is 9.59 Å². The van der Waals surface area contributed by atoms with Crippen LogP contribution < -0.4 is 4.90 Å². The second kappa shape index (κ2) is 9.75. The molecule has 0 spiro atoms. The first kappa shape index (κ1) is 23.4. The summed E-state index contributed by atoms with van der Waals surface area (Å²) in [5.74, 6) is -0.598. The van der Waals surface area contributed by atoms with Crippen molar-refractivity contribution < 1.29 is 14.3 Å². The molecule has 0 N–H and O–H groups in total. The van der Waals surface area contributed by atoms with Crippen molar-refractivity contribution in [2.45, 2.75) is 66.5 Å². The summed E-state index contributed by atoms with van der Waals surface area (Å²) in [5.41, 5.74) is 4.00. The Hall–Kier alpha value is -2.88. The maximum absolute atomic E-state index is 12.9. The van der Waals surface area contributed by atoms with E-state index in [4.69, 9.17) is 4.74 Å². The van der Waals surface area contributed by atoms with Crippen molar-refractivity contribution in [2.75, 3.05) is 4.90 Å². The second-order valence-corrected chi connectivity index (χ2v) is 8.15. The third kappa shape index (κ3) is 5.38. The lowest BCUT2D eigenvalue weighted by Crippen LogP contribution is -2.27. The Morgan fingerprint density at radius 3 is 2.30 bits per heavy atom. The van der Waals surface area contributed by atoms with E-state index < -0.39 is 5.60 Å². The summed E-state index contributed by atoms with van der Waals surface area (Å²) in [7, 11) is 0. The molecule has 1 amide bonds. The Morgan fingerprint density at radius 2 is 1.73 bits per heavy atom. The Bertz CT molecular complexity index is 920. The molecule has 1 unspecified atom stereocenters. The maximum atomic E-state index is 12.9. The topological polar surface area (TPSA) is 46.6 Å². The molecular formula is C26H33NO3. The van der Waals surface area contributed by atoms with Crippen molar-refractivity contribution >= 4 is 23.6 Å². The Kier molecular flexibility index (Phi) is 7.60. The molecule has 1 heterocycles. The van der Waals surface area contributed by atoms with Crippen LogP contribution in [0.3, 0.4) is 0 Å². The summed E-state index contributed by atoms with van der Waals surface area (Å²) < 4.78 is 5.47. The first-order chi connectivity index (χ1) is 14.2. The van der Waals surface area contributed by atoms with Crippen molar-refractivity contribution in [3.05, 3.63) is 70.8 Å². The number of allylic oxidation sites excluding steroid dienone is 1. The van der Waals surface area contributed by atoms with Gasteiger partial charge in [0.2, 0.25) is 0 Å². The number of carbonyl (C=O) groups excluding carboxylic acids is 2. The van der Waals surface area contributed by atoms with Gasteiger partial charge in [0, 0.05) is 11.3 Å². The average Bonchev–Trinajstić information content (AvgIpc) is 3.04. The van der Waals surface area contributed by atoms with E-state index in [-0.39, 0.29) is 17.8 Å². The van der Waals surface area contributed by atoms with Crippen LogP contribution >= 0.6 is 0 Å². The molecule has 2 aromatic rings. The van der Waals surface area contributed by atoms with Crippen LogP contribution in [0, 0.1) is 0 Å². The van der Waals surface area contributed by atoms with Gasteiger partial charge in [0.1, 0.15) is 5.60 Å². The highest BCUT2D eigenvalue weighted by molar-refractivity contribution is 6.10. The lowest BCUT2D eigenvalue weighted by Gasteiger charge is -2.23. The van der Waals surface area contributed by atoms with Crippen LogP contribution in [-0.4, -0.2) is 17.5 Å². The third-order valence-electron chi connectivity index (χ3n) is 4.76. The predicted molar refractivity (Wildman–Crippen MR) is 124 cm³/mol. The molecule has 30 heavy (non-hydrogen) atoms. The van der Waals surface area contributed by atoms with E-state index in [1.807, 2.05) is 103 Å². The molecule has 2 aromatic carbocycles. The minimum absolute atomic E-state index is 0.00861. The van der Waals surface area contributed by atoms with Crippen molar-refractivity contribution in [1.29, 1.82) is 0 Å². The van der Waals surface area contributed by atoms with E-state index in [0.29, 0.717) is 6.54 Å². The number of amides is 1. The minimum Gasteiger partial charge on any atom is -0.460 e. The lowest BCUT2D eigenvalue weighted by molar-refractivity contribution is -0.156. The Morgan fingerprint density at radius 1 is 1.10 bits per heavy atom. The van der Waals surface area contributed by atoms with Gasteiger partial charge in [-0.1, -0.05) is 50.3 Å². The van der Waals surface area contributed by atoms with E-state index >= 15 is 0 Å². The van der Waals surface area contributed by atoms with Crippen LogP contribution in [0.1, 0.15) is 81.4 Å². The first-order valence-electron chi connectivity index (χ1n) is 10.6. The molecule has 3 rings (SSSR count). The van der Waals surface area contributed by atoms with Crippen LogP contribution in [-0.2, 0) is 16.1 Å². The van der Waals surface area contributed by atoms with Crippen molar-refractivity contribution in [1.82, 2.24) is 0 Å². The number of hydrogen-bond donors (Lipinski definition) is 0. The molecule has 4 nitrogen and oxygen atoms in total. The predicted octanol–water partition coefficient (Wildman–Crippen LogP) is 6.35. The summed E-state index contributed by atoms with van der Waals surface area (Å²) in [6.45, 7) is 13.9. The zero-order valence-corrected chi connectivity index (χ0v) is 19.2. The molecule has 1 aliphatic heterocycles. The first-order valence-corrected chi connectivity index (χ1v) is 10.6. The van der Waals surface area contributed by atoms with Crippen molar-refractivity contribution in [2.24, 2.45) is 0 Å². The number of anilines is 1. The highest BCUT2D eigenvalue weighted by Gasteiger charge is 2.29. The van der Waals surface area contributed by atoms with Gasteiger partial charge in [-0.15, -0.1) is 0 Å². The summed E-state index contributed by atoms with van der Waals surface area (Å²) in [6.07, 6.45) is 3.95. The number of ether oxygens (including phenoxy) is 1. The van der Waals surface area contributed by atoms with Gasteiger partial charge in [-0.05, 0) is 69.5 Å². The lowest BCUT2D eigenvalue weighted by atomic mass is 10.0. The van der Waals surface area contributed by atoms with Gasteiger partial charge in [0.05, 0.1) is 12.5 Å². The molecule has 0 radical (unpaired) electrons. The molecule has 0 saturated heterocycles. The molecule has 1 aliphatic rings. The maximum Gasteiger partial charge on any atom is 0.313 e. The van der Waals surface area contributed by atoms with E-state index in [1.165, 1.54) is 0 Å². The average molecular weight is 408 g/mol. The van der Waals surface area contributed by atoms with Gasteiger partial charge in [0.15, 0.2) is 0 Å². The molecule has 0 aliphatic carbocycles. The van der Waals surface area contributed by atoms with Crippen LogP contribution in [0.15, 0.2) is 48.5 Å². The SMILES string of the molecule is C/C=C\c1ccc2c(c1)C(=O)N(c1ccc(C(C)C(=O)OC(C)(C)C)cc1)C2.CC. The van der Waals surface area contributed by atoms with Gasteiger partial charge < -0.3 is 9.64 Å². The summed E-state index contributed by atoms with van der Waals surface area (Å²) in [5, 5.41) is 0. The van der Waals surface area contributed by atoms with E-state index in [1.54, 1.807) is 4.90 Å². The number of hydrogen-bond acceptors (Lipinski definition) is 3. The van der Waals surface area contributed by atoms with Gasteiger partial charge >= 0.3 is 5.97 Å². The number of esters is 1. The number of nitrogens with zero attached hydrogens (tertiary/aromatic N) is 1. The standard InChI is InChI=1S/C24H27NO3.C2H6/c1-6-7-17-8-9-19-15-25(22(26)21(19)14-17)20-12-10-18(11-13-20)16(2)23(27)28-24(3,4)5;1-2/h6-14,16H,15H2,1-5H3;1-2H3/b7-6-;. The van der Waals surface area contributed by atoms with Gasteiger partial charge in [-0.2, -0.15) is 0 Å². The van der Waals surface area contributed by atoms with Crippen LogP contribution in [0.5, 0.6) is 0 Å². The minimum atomic E-state index is -0.509. The summed E-state index contributed by atoms with van der Waals surface area (Å²) >= 11 is 0. The Balaban J connectivity index is 0.00000155. The normalized spacial score (nSPS) is 14.2. The van der Waals surface area contributed by atoms with Crippen LogP contribution in [0.4, 0.5) is 5.69 Å². The molecular weight excluding hydrogens is 374 g/mol. The molecule has 0 bridgehead atoms. The molecule has 0 fully saturated rings. The van der Waals surface area contributed by atoms with Crippen molar-refractivity contribution in [3.8, 4) is 0 Å². The van der Waals surface area contributed by atoms with E-state index in [0.717, 1.165) is 27.9 Å². The summed E-state index contributed by atoms with van der Waals surface area (Å²) in [4.78, 5) is 26.9. The Labute approximate surface area is 180 Å². The molecule has 1 atom stereocenters.